The fourth-order valence-corrected chi connectivity index (χ4v) is 9.19. The lowest BCUT2D eigenvalue weighted by molar-refractivity contribution is -0.153. The number of fused-ring (bicyclic) bond motifs is 1. The Balaban J connectivity index is 1.61. The molecule has 2 bridgehead atoms. The molecule has 6 atom stereocenters. The molecule has 8 heteroatoms. The molecule has 1 spiro atoms. The van der Waals surface area contributed by atoms with Crippen molar-refractivity contribution in [3.63, 3.8) is 0 Å². The van der Waals surface area contributed by atoms with Gasteiger partial charge in [-0.15, -0.1) is 18.3 Å². The van der Waals surface area contributed by atoms with E-state index >= 15 is 0 Å². The molecule has 0 radical (unpaired) electrons. The average Bonchev–Trinajstić information content (AvgIpc) is 3.62. The third-order valence-electron chi connectivity index (χ3n) is 8.74. The quantitative estimate of drug-likeness (QED) is 0.319. The van der Waals surface area contributed by atoms with Crippen LogP contribution in [0.3, 0.4) is 0 Å². The van der Waals surface area contributed by atoms with Gasteiger partial charge in [0.25, 0.3) is 5.91 Å². The number of rotatable bonds is 11. The van der Waals surface area contributed by atoms with Gasteiger partial charge < -0.3 is 19.6 Å². The largest absolute Gasteiger partial charge is 0.461 e. The van der Waals surface area contributed by atoms with Crippen LogP contribution in [-0.2, 0) is 25.5 Å². The molecule has 0 aromatic heterocycles. The molecule has 2 aromatic rings. The van der Waals surface area contributed by atoms with Crippen molar-refractivity contribution in [3.05, 3.63) is 90.5 Å². The summed E-state index contributed by atoms with van der Waals surface area (Å²) in [6, 6.07) is 14.1. The van der Waals surface area contributed by atoms with E-state index in [9.17, 15) is 19.5 Å². The molecule has 0 aliphatic carbocycles. The molecule has 2 amide bonds. The number of amides is 2. The number of aliphatic hydroxyl groups excluding tert-OH is 1. The molecule has 5 rings (SSSR count). The third-order valence-corrected chi connectivity index (χ3v) is 10.7. The Morgan fingerprint density at radius 3 is 2.63 bits per heavy atom. The Morgan fingerprint density at radius 2 is 1.95 bits per heavy atom. The minimum absolute atomic E-state index is 0.0692. The summed E-state index contributed by atoms with van der Waals surface area (Å²) in [7, 11) is 0. The SMILES string of the molecule is C=CCOC(=O)[C@@H]1[C@@H]2CCC3(S2)C(C(=O)N(CC=C)c2cc(C)ccc2C)N([C@@H](CO)Cc2ccccc2)C(=O)[C@H]13. The van der Waals surface area contributed by atoms with Gasteiger partial charge in [0, 0.05) is 17.5 Å². The first kappa shape index (κ1) is 29.1. The van der Waals surface area contributed by atoms with Gasteiger partial charge in [0.2, 0.25) is 5.91 Å². The summed E-state index contributed by atoms with van der Waals surface area (Å²) in [5.41, 5.74) is 3.68. The molecular weight excluding hydrogens is 536 g/mol. The second-order valence-corrected chi connectivity index (χ2v) is 12.9. The van der Waals surface area contributed by atoms with Crippen molar-refractivity contribution in [3.8, 4) is 0 Å². The van der Waals surface area contributed by atoms with E-state index in [-0.39, 0.29) is 36.8 Å². The number of hydrogen-bond donors (Lipinski definition) is 1. The Kier molecular flexibility index (Phi) is 8.43. The number of carbonyl (C=O) groups is 3. The Labute approximate surface area is 246 Å². The molecule has 41 heavy (non-hydrogen) atoms. The predicted octanol–water partition coefficient (Wildman–Crippen LogP) is 4.25. The van der Waals surface area contributed by atoms with Crippen LogP contribution in [0.2, 0.25) is 0 Å². The highest BCUT2D eigenvalue weighted by Gasteiger charge is 2.74. The van der Waals surface area contributed by atoms with Gasteiger partial charge >= 0.3 is 5.97 Å². The van der Waals surface area contributed by atoms with E-state index in [1.165, 1.54) is 6.08 Å². The summed E-state index contributed by atoms with van der Waals surface area (Å²) in [6.07, 6.45) is 4.95. The number of hydrogen-bond acceptors (Lipinski definition) is 6. The molecule has 216 valence electrons. The van der Waals surface area contributed by atoms with E-state index in [0.717, 1.165) is 22.4 Å². The van der Waals surface area contributed by atoms with E-state index in [1.54, 1.807) is 27.6 Å². The summed E-state index contributed by atoms with van der Waals surface area (Å²) in [5.74, 6) is -2.24. The first-order chi connectivity index (χ1) is 19.8. The van der Waals surface area contributed by atoms with Gasteiger partial charge in [-0.2, -0.15) is 0 Å². The Morgan fingerprint density at radius 1 is 1.20 bits per heavy atom. The van der Waals surface area contributed by atoms with Gasteiger partial charge in [-0.1, -0.05) is 61.2 Å². The van der Waals surface area contributed by atoms with Crippen LogP contribution in [0.5, 0.6) is 0 Å². The molecule has 7 nitrogen and oxygen atoms in total. The highest BCUT2D eigenvalue weighted by Crippen LogP contribution is 2.67. The number of carbonyl (C=O) groups excluding carboxylic acids is 3. The van der Waals surface area contributed by atoms with Crippen molar-refractivity contribution < 1.29 is 24.2 Å². The minimum atomic E-state index is -0.854. The minimum Gasteiger partial charge on any atom is -0.461 e. The highest BCUT2D eigenvalue weighted by atomic mass is 32.2. The van der Waals surface area contributed by atoms with E-state index in [2.05, 4.69) is 13.2 Å². The van der Waals surface area contributed by atoms with Crippen LogP contribution >= 0.6 is 11.8 Å². The predicted molar refractivity (Wildman–Crippen MR) is 162 cm³/mol. The number of ether oxygens (including phenoxy) is 1. The molecule has 2 aromatic carbocycles. The molecule has 3 heterocycles. The lowest BCUT2D eigenvalue weighted by Crippen LogP contribution is -2.58. The van der Waals surface area contributed by atoms with Gasteiger partial charge in [-0.25, -0.2) is 0 Å². The van der Waals surface area contributed by atoms with Crippen LogP contribution in [0.15, 0.2) is 73.8 Å². The maximum absolute atomic E-state index is 14.9. The fourth-order valence-electron chi connectivity index (χ4n) is 7.00. The molecule has 3 aliphatic rings. The number of nitrogens with zero attached hydrogens (tertiary/aromatic N) is 2. The van der Waals surface area contributed by atoms with Crippen LogP contribution < -0.4 is 4.90 Å². The normalized spacial score (nSPS) is 26.9. The van der Waals surface area contributed by atoms with Gasteiger partial charge in [0.15, 0.2) is 0 Å². The first-order valence-electron chi connectivity index (χ1n) is 14.2. The maximum atomic E-state index is 14.9. The second kappa shape index (κ2) is 11.9. The number of esters is 1. The van der Waals surface area contributed by atoms with E-state index in [4.69, 9.17) is 4.74 Å². The zero-order valence-corrected chi connectivity index (χ0v) is 24.5. The Hall–Kier alpha value is -3.36. The molecule has 2 unspecified atom stereocenters. The van der Waals surface area contributed by atoms with Crippen molar-refractivity contribution in [1.29, 1.82) is 0 Å². The maximum Gasteiger partial charge on any atom is 0.311 e. The Bertz CT molecular complexity index is 1350. The van der Waals surface area contributed by atoms with Crippen LogP contribution in [0.25, 0.3) is 0 Å². The fraction of sp³-hybridized carbons (Fsp3) is 0.424. The van der Waals surface area contributed by atoms with Gasteiger partial charge in [-0.05, 0) is 55.9 Å². The zero-order chi connectivity index (χ0) is 29.3. The van der Waals surface area contributed by atoms with Gasteiger partial charge in [-0.3, -0.25) is 14.4 Å². The lowest BCUT2D eigenvalue weighted by atomic mass is 9.71. The van der Waals surface area contributed by atoms with Gasteiger partial charge in [0.05, 0.1) is 29.2 Å². The highest BCUT2D eigenvalue weighted by molar-refractivity contribution is 8.02. The first-order valence-corrected chi connectivity index (χ1v) is 15.1. The number of aliphatic hydroxyl groups is 1. The molecule has 0 saturated carbocycles. The van der Waals surface area contributed by atoms with Crippen LogP contribution in [0.1, 0.15) is 29.5 Å². The summed E-state index contributed by atoms with van der Waals surface area (Å²) in [4.78, 5) is 46.0. The second-order valence-electron chi connectivity index (χ2n) is 11.3. The number of anilines is 1. The van der Waals surface area contributed by atoms with Crippen molar-refractivity contribution >= 4 is 35.2 Å². The van der Waals surface area contributed by atoms with E-state index < -0.39 is 34.6 Å². The van der Waals surface area contributed by atoms with Crippen molar-refractivity contribution in [2.45, 2.75) is 55.2 Å². The van der Waals surface area contributed by atoms with Crippen molar-refractivity contribution in [2.75, 3.05) is 24.7 Å². The number of likely N-dealkylation sites (tertiary alicyclic amines) is 1. The van der Waals surface area contributed by atoms with Crippen molar-refractivity contribution in [2.24, 2.45) is 11.8 Å². The molecule has 3 saturated heterocycles. The van der Waals surface area contributed by atoms with E-state index in [1.807, 2.05) is 62.4 Å². The molecule has 3 aliphatic heterocycles. The van der Waals surface area contributed by atoms with Gasteiger partial charge in [0.1, 0.15) is 12.6 Å². The smallest absolute Gasteiger partial charge is 0.311 e. The zero-order valence-electron chi connectivity index (χ0n) is 23.7. The summed E-state index contributed by atoms with van der Waals surface area (Å²) in [6.45, 7) is 11.5. The van der Waals surface area contributed by atoms with Crippen LogP contribution in [0.4, 0.5) is 5.69 Å². The third kappa shape index (κ3) is 5.01. The average molecular weight is 575 g/mol. The number of aryl methyl sites for hydroxylation is 2. The number of benzene rings is 2. The summed E-state index contributed by atoms with van der Waals surface area (Å²) < 4.78 is 4.69. The molecule has 1 N–H and O–H groups in total. The number of thioether (sulfide) groups is 1. The monoisotopic (exact) mass is 574 g/mol. The summed E-state index contributed by atoms with van der Waals surface area (Å²) >= 11 is 1.59. The summed E-state index contributed by atoms with van der Waals surface area (Å²) in [5, 5.41) is 10.6. The van der Waals surface area contributed by atoms with Crippen molar-refractivity contribution in [1.82, 2.24) is 4.90 Å². The molecular formula is C33H38N2O5S. The lowest BCUT2D eigenvalue weighted by Gasteiger charge is -2.40. The van der Waals surface area contributed by atoms with E-state index in [0.29, 0.717) is 19.3 Å². The van der Waals surface area contributed by atoms with Crippen LogP contribution in [0, 0.1) is 25.7 Å². The standard InChI is InChI=1S/C33H38N2O5S/c1-5-16-34(25-18-21(3)12-13-22(25)4)31(38)29-33-15-14-26(41-33)27(32(39)40-17-6-2)28(33)30(37)35(29)24(20-36)19-23-10-8-7-9-11-23/h5-13,18,24,26-29,36H,1-2,14-17,19-20H2,3-4H3/t24-,26+,27-,28+,29?,33?/m1/s1. The van der Waals surface area contributed by atoms with Crippen LogP contribution in [-0.4, -0.2) is 69.6 Å². The molecule has 3 fully saturated rings. The topological polar surface area (TPSA) is 87.2 Å².